The number of nitrogens with two attached hydrogens (primary N) is 1. The van der Waals surface area contributed by atoms with Gasteiger partial charge in [-0.1, -0.05) is 0 Å². The molecule has 1 aromatic carbocycles. The van der Waals surface area contributed by atoms with Gasteiger partial charge in [-0.15, -0.1) is 0 Å². The Morgan fingerprint density at radius 3 is 2.60 bits per heavy atom. The summed E-state index contributed by atoms with van der Waals surface area (Å²) in [6.45, 7) is 0.555. The lowest BCUT2D eigenvalue weighted by atomic mass is 10.1. The summed E-state index contributed by atoms with van der Waals surface area (Å²) in [7, 11) is 3.12. The lowest BCUT2D eigenvalue weighted by Gasteiger charge is -2.13. The molecule has 0 saturated heterocycles. The summed E-state index contributed by atoms with van der Waals surface area (Å²) in [5.41, 5.74) is 6.44. The Morgan fingerprint density at radius 2 is 2.00 bits per heavy atom. The fourth-order valence-corrected chi connectivity index (χ4v) is 1.61. The summed E-state index contributed by atoms with van der Waals surface area (Å²) in [6.07, 6.45) is 0. The lowest BCUT2D eigenvalue weighted by molar-refractivity contribution is 0.170. The molecule has 0 spiro atoms. The van der Waals surface area contributed by atoms with Crippen molar-refractivity contribution >= 4 is 0 Å². The molecule has 0 fully saturated rings. The Kier molecular flexibility index (Phi) is 2.55. The van der Waals surface area contributed by atoms with Crippen molar-refractivity contribution in [2.24, 2.45) is 5.73 Å². The first-order valence-corrected chi connectivity index (χ1v) is 4.55. The van der Waals surface area contributed by atoms with E-state index in [0.717, 1.165) is 5.56 Å². The van der Waals surface area contributed by atoms with Gasteiger partial charge >= 0.3 is 0 Å². The van der Waals surface area contributed by atoms with Crippen molar-refractivity contribution in [1.29, 1.82) is 0 Å². The summed E-state index contributed by atoms with van der Waals surface area (Å²) in [5.74, 6) is 2.36. The van der Waals surface area contributed by atoms with Gasteiger partial charge in [0.1, 0.15) is 0 Å². The number of hydrogen-bond donors (Lipinski definition) is 1. The first-order chi connectivity index (χ1) is 7.31. The molecule has 1 aromatic rings. The predicted octanol–water partition coefficient (Wildman–Crippen LogP) is 0.891. The standard InChI is InChI=1S/C10H13NO4/c1-12-8-6(4-11)3-7-9(10(8)13-2)15-5-14-7/h3H,4-5,11H2,1-2H3. The van der Waals surface area contributed by atoms with Gasteiger partial charge in [-0.25, -0.2) is 0 Å². The Bertz CT molecular complexity index is 378. The Balaban J connectivity index is 2.61. The Hall–Kier alpha value is -1.62. The molecule has 0 aromatic heterocycles. The van der Waals surface area contributed by atoms with Crippen LogP contribution in [0.4, 0.5) is 0 Å². The van der Waals surface area contributed by atoms with E-state index >= 15 is 0 Å². The zero-order chi connectivity index (χ0) is 10.8. The van der Waals surface area contributed by atoms with E-state index in [4.69, 9.17) is 24.7 Å². The SMILES string of the molecule is COc1c(CN)cc2c(c1OC)OCO2. The summed E-state index contributed by atoms with van der Waals surface area (Å²) in [5, 5.41) is 0. The smallest absolute Gasteiger partial charge is 0.231 e. The van der Waals surface area contributed by atoms with Crippen molar-refractivity contribution in [2.45, 2.75) is 6.54 Å². The summed E-state index contributed by atoms with van der Waals surface area (Å²) in [6, 6.07) is 1.81. The van der Waals surface area contributed by atoms with Crippen molar-refractivity contribution < 1.29 is 18.9 Å². The molecular formula is C10H13NO4. The predicted molar refractivity (Wildman–Crippen MR) is 53.6 cm³/mol. The van der Waals surface area contributed by atoms with Gasteiger partial charge in [0.2, 0.25) is 18.3 Å². The molecule has 0 amide bonds. The topological polar surface area (TPSA) is 62.9 Å². The van der Waals surface area contributed by atoms with Crippen LogP contribution < -0.4 is 24.7 Å². The van der Waals surface area contributed by atoms with Crippen molar-refractivity contribution in [2.75, 3.05) is 21.0 Å². The van der Waals surface area contributed by atoms with Crippen LogP contribution in [0.1, 0.15) is 5.56 Å². The molecule has 0 atom stereocenters. The molecule has 0 saturated carbocycles. The van der Waals surface area contributed by atoms with Crippen LogP contribution in [0.3, 0.4) is 0 Å². The normalized spacial score (nSPS) is 12.7. The van der Waals surface area contributed by atoms with Crippen LogP contribution >= 0.6 is 0 Å². The highest BCUT2D eigenvalue weighted by atomic mass is 16.7. The van der Waals surface area contributed by atoms with Crippen LogP contribution in [0, 0.1) is 0 Å². The third-order valence-electron chi connectivity index (χ3n) is 2.28. The second kappa shape index (κ2) is 3.86. The molecule has 15 heavy (non-hydrogen) atoms. The molecular weight excluding hydrogens is 198 g/mol. The maximum Gasteiger partial charge on any atom is 0.231 e. The molecule has 0 unspecified atom stereocenters. The summed E-state index contributed by atoms with van der Waals surface area (Å²) >= 11 is 0. The van der Waals surface area contributed by atoms with E-state index in [9.17, 15) is 0 Å². The molecule has 2 rings (SSSR count). The van der Waals surface area contributed by atoms with Crippen molar-refractivity contribution in [3.8, 4) is 23.0 Å². The summed E-state index contributed by atoms with van der Waals surface area (Å²) in [4.78, 5) is 0. The summed E-state index contributed by atoms with van der Waals surface area (Å²) < 4.78 is 21.0. The first-order valence-electron chi connectivity index (χ1n) is 4.55. The third kappa shape index (κ3) is 1.45. The second-order valence-electron chi connectivity index (χ2n) is 3.04. The fraction of sp³-hybridized carbons (Fsp3) is 0.400. The van der Waals surface area contributed by atoms with E-state index < -0.39 is 0 Å². The lowest BCUT2D eigenvalue weighted by Crippen LogP contribution is -2.02. The van der Waals surface area contributed by atoms with Crippen LogP contribution in [0.2, 0.25) is 0 Å². The van der Waals surface area contributed by atoms with E-state index in [-0.39, 0.29) is 6.79 Å². The van der Waals surface area contributed by atoms with E-state index in [1.807, 2.05) is 6.07 Å². The van der Waals surface area contributed by atoms with E-state index in [2.05, 4.69) is 0 Å². The van der Waals surface area contributed by atoms with E-state index in [1.54, 1.807) is 14.2 Å². The maximum atomic E-state index is 5.61. The van der Waals surface area contributed by atoms with Crippen LogP contribution in [0.5, 0.6) is 23.0 Å². The number of methoxy groups -OCH3 is 2. The van der Waals surface area contributed by atoms with Crippen molar-refractivity contribution in [1.82, 2.24) is 0 Å². The van der Waals surface area contributed by atoms with Crippen LogP contribution in [-0.2, 0) is 6.54 Å². The molecule has 1 heterocycles. The third-order valence-corrected chi connectivity index (χ3v) is 2.28. The van der Waals surface area contributed by atoms with Crippen LogP contribution in [-0.4, -0.2) is 21.0 Å². The highest BCUT2D eigenvalue weighted by molar-refractivity contribution is 5.63. The highest BCUT2D eigenvalue weighted by Gasteiger charge is 2.25. The molecule has 5 nitrogen and oxygen atoms in total. The maximum absolute atomic E-state index is 5.61. The second-order valence-corrected chi connectivity index (χ2v) is 3.04. The molecule has 1 aliphatic rings. The minimum absolute atomic E-state index is 0.197. The molecule has 5 heteroatoms. The zero-order valence-electron chi connectivity index (χ0n) is 8.70. The number of benzene rings is 1. The van der Waals surface area contributed by atoms with Gasteiger partial charge < -0.3 is 24.7 Å². The van der Waals surface area contributed by atoms with Crippen molar-refractivity contribution in [3.05, 3.63) is 11.6 Å². The van der Waals surface area contributed by atoms with E-state index in [0.29, 0.717) is 29.5 Å². The molecule has 1 aliphatic heterocycles. The minimum Gasteiger partial charge on any atom is -0.492 e. The first kappa shape index (κ1) is 9.92. The average Bonchev–Trinajstić information content (AvgIpc) is 2.73. The zero-order valence-corrected chi connectivity index (χ0v) is 8.70. The van der Waals surface area contributed by atoms with Gasteiger partial charge in [0.15, 0.2) is 11.5 Å². The van der Waals surface area contributed by atoms with Crippen LogP contribution in [0.25, 0.3) is 0 Å². The molecule has 0 radical (unpaired) electrons. The fourth-order valence-electron chi connectivity index (χ4n) is 1.61. The molecule has 2 N–H and O–H groups in total. The number of rotatable bonds is 3. The molecule has 0 aliphatic carbocycles. The average molecular weight is 211 g/mol. The van der Waals surface area contributed by atoms with Crippen molar-refractivity contribution in [3.63, 3.8) is 0 Å². The number of fused-ring (bicyclic) bond motifs is 1. The highest BCUT2D eigenvalue weighted by Crippen LogP contribution is 2.48. The van der Waals surface area contributed by atoms with Gasteiger partial charge in [-0.05, 0) is 6.07 Å². The van der Waals surface area contributed by atoms with E-state index in [1.165, 1.54) is 0 Å². The minimum atomic E-state index is 0.197. The van der Waals surface area contributed by atoms with Gasteiger partial charge in [0.05, 0.1) is 14.2 Å². The van der Waals surface area contributed by atoms with Gasteiger partial charge in [-0.3, -0.25) is 0 Å². The Labute approximate surface area is 87.7 Å². The molecule has 82 valence electrons. The van der Waals surface area contributed by atoms with Crippen LogP contribution in [0.15, 0.2) is 6.07 Å². The monoisotopic (exact) mass is 211 g/mol. The number of ether oxygens (including phenoxy) is 4. The molecule has 0 bridgehead atoms. The quantitative estimate of drug-likeness (QED) is 0.804. The van der Waals surface area contributed by atoms with Gasteiger partial charge in [0.25, 0.3) is 0 Å². The van der Waals surface area contributed by atoms with Gasteiger partial charge in [0, 0.05) is 12.1 Å². The van der Waals surface area contributed by atoms with Gasteiger partial charge in [-0.2, -0.15) is 0 Å². The number of hydrogen-bond acceptors (Lipinski definition) is 5. The largest absolute Gasteiger partial charge is 0.492 e. The Morgan fingerprint density at radius 1 is 1.27 bits per heavy atom.